The van der Waals surface area contributed by atoms with Crippen LogP contribution in [0.25, 0.3) is 21.7 Å². The first kappa shape index (κ1) is 15.4. The van der Waals surface area contributed by atoms with Gasteiger partial charge in [-0.1, -0.05) is 50.1 Å². The molecule has 1 heterocycles. The highest BCUT2D eigenvalue weighted by molar-refractivity contribution is 6.07. The van der Waals surface area contributed by atoms with E-state index in [9.17, 15) is 4.79 Å². The molecule has 2 aromatic carbocycles. The highest BCUT2D eigenvalue weighted by atomic mass is 16.4. The van der Waals surface area contributed by atoms with Crippen molar-refractivity contribution in [2.24, 2.45) is 5.92 Å². The van der Waals surface area contributed by atoms with E-state index in [2.05, 4.69) is 24.4 Å². The molecule has 0 spiro atoms. The third-order valence-corrected chi connectivity index (χ3v) is 5.38. The fourth-order valence-electron chi connectivity index (χ4n) is 4.02. The van der Waals surface area contributed by atoms with Crippen molar-refractivity contribution in [1.29, 1.82) is 0 Å². The minimum Gasteiger partial charge on any atom is -0.423 e. The lowest BCUT2D eigenvalue weighted by Gasteiger charge is -2.29. The maximum atomic E-state index is 12.0. The monoisotopic (exact) mass is 321 g/mol. The van der Waals surface area contributed by atoms with E-state index < -0.39 is 0 Å². The summed E-state index contributed by atoms with van der Waals surface area (Å²) in [6.07, 6.45) is 5.14. The Morgan fingerprint density at radius 1 is 1.12 bits per heavy atom. The van der Waals surface area contributed by atoms with Gasteiger partial charge < -0.3 is 9.73 Å². The molecule has 1 fully saturated rings. The van der Waals surface area contributed by atoms with Crippen LogP contribution in [0.2, 0.25) is 0 Å². The Labute approximate surface area is 141 Å². The molecule has 0 saturated heterocycles. The van der Waals surface area contributed by atoms with Gasteiger partial charge in [-0.25, -0.2) is 4.79 Å². The van der Waals surface area contributed by atoms with Gasteiger partial charge in [-0.2, -0.15) is 0 Å². The zero-order chi connectivity index (χ0) is 16.5. The van der Waals surface area contributed by atoms with Crippen molar-refractivity contribution in [3.63, 3.8) is 0 Å². The standard InChI is InChI=1S/C21H23NO2/c1-14-6-2-5-9-18(14)22-13-16-12-20(23)24-19-11-10-15-7-3-4-8-17(15)21(16)19/h3-4,7-8,10-12,14,18,22H,2,5-6,9,13H2,1H3/t14-,18-/m1/s1. The van der Waals surface area contributed by atoms with Crippen molar-refractivity contribution in [2.75, 3.05) is 0 Å². The van der Waals surface area contributed by atoms with Crippen molar-refractivity contribution in [1.82, 2.24) is 5.32 Å². The average molecular weight is 321 g/mol. The first-order chi connectivity index (χ1) is 11.7. The van der Waals surface area contributed by atoms with Gasteiger partial charge in [0, 0.05) is 24.0 Å². The second-order valence-corrected chi connectivity index (χ2v) is 7.00. The molecule has 0 aliphatic heterocycles. The summed E-state index contributed by atoms with van der Waals surface area (Å²) in [5.41, 5.74) is 1.44. The van der Waals surface area contributed by atoms with Crippen LogP contribution in [-0.4, -0.2) is 6.04 Å². The van der Waals surface area contributed by atoms with Crippen molar-refractivity contribution in [2.45, 2.75) is 45.2 Å². The minimum atomic E-state index is -0.272. The van der Waals surface area contributed by atoms with Gasteiger partial charge in [0.2, 0.25) is 0 Å². The first-order valence-electron chi connectivity index (χ1n) is 8.90. The van der Waals surface area contributed by atoms with Crippen molar-refractivity contribution in [3.8, 4) is 0 Å². The average Bonchev–Trinajstić information content (AvgIpc) is 2.60. The predicted molar refractivity (Wildman–Crippen MR) is 98.2 cm³/mol. The SMILES string of the molecule is C[C@@H]1CCCC[C@H]1NCc1cc(=O)oc2ccc3ccccc3c12. The molecule has 3 nitrogen and oxygen atoms in total. The zero-order valence-electron chi connectivity index (χ0n) is 14.0. The van der Waals surface area contributed by atoms with Crippen LogP contribution in [0.4, 0.5) is 0 Å². The normalized spacial score (nSPS) is 21.4. The van der Waals surface area contributed by atoms with E-state index in [1.54, 1.807) is 6.07 Å². The smallest absolute Gasteiger partial charge is 0.336 e. The maximum Gasteiger partial charge on any atom is 0.336 e. The molecular weight excluding hydrogens is 298 g/mol. The Hall–Kier alpha value is -2.13. The van der Waals surface area contributed by atoms with Gasteiger partial charge in [0.05, 0.1) is 0 Å². The highest BCUT2D eigenvalue weighted by Gasteiger charge is 2.21. The van der Waals surface area contributed by atoms with Crippen LogP contribution < -0.4 is 10.9 Å². The summed E-state index contributed by atoms with van der Waals surface area (Å²) in [5, 5.41) is 7.07. The van der Waals surface area contributed by atoms with Gasteiger partial charge >= 0.3 is 5.63 Å². The molecule has 1 saturated carbocycles. The minimum absolute atomic E-state index is 0.272. The first-order valence-corrected chi connectivity index (χ1v) is 8.90. The predicted octanol–water partition coefficient (Wildman–Crippen LogP) is 4.61. The van der Waals surface area contributed by atoms with Crippen molar-refractivity contribution in [3.05, 3.63) is 58.4 Å². The van der Waals surface area contributed by atoms with Crippen molar-refractivity contribution >= 4 is 21.7 Å². The van der Waals surface area contributed by atoms with E-state index >= 15 is 0 Å². The van der Waals surface area contributed by atoms with E-state index in [-0.39, 0.29) is 5.63 Å². The second-order valence-electron chi connectivity index (χ2n) is 7.00. The zero-order valence-corrected chi connectivity index (χ0v) is 14.0. The molecular formula is C21H23NO2. The molecule has 0 radical (unpaired) electrons. The van der Waals surface area contributed by atoms with Crippen LogP contribution in [0.1, 0.15) is 38.2 Å². The summed E-state index contributed by atoms with van der Waals surface area (Å²) < 4.78 is 5.44. The van der Waals surface area contributed by atoms with Gasteiger partial charge in [-0.15, -0.1) is 0 Å². The molecule has 0 amide bonds. The molecule has 0 unspecified atom stereocenters. The molecule has 3 aromatic rings. The Morgan fingerprint density at radius 2 is 1.96 bits per heavy atom. The number of hydrogen-bond acceptors (Lipinski definition) is 3. The van der Waals surface area contributed by atoms with Crippen LogP contribution >= 0.6 is 0 Å². The third kappa shape index (κ3) is 2.84. The van der Waals surface area contributed by atoms with E-state index in [1.165, 1.54) is 31.1 Å². The Kier molecular flexibility index (Phi) is 4.11. The number of fused-ring (bicyclic) bond motifs is 3. The molecule has 0 bridgehead atoms. The van der Waals surface area contributed by atoms with Crippen LogP contribution in [0.15, 0.2) is 51.7 Å². The summed E-state index contributed by atoms with van der Waals surface area (Å²) in [4.78, 5) is 12.0. The van der Waals surface area contributed by atoms with Crippen LogP contribution in [0.3, 0.4) is 0 Å². The van der Waals surface area contributed by atoms with E-state index in [0.717, 1.165) is 16.3 Å². The summed E-state index contributed by atoms with van der Waals surface area (Å²) in [6, 6.07) is 14.4. The van der Waals surface area contributed by atoms with Crippen LogP contribution in [0, 0.1) is 5.92 Å². The van der Waals surface area contributed by atoms with Crippen molar-refractivity contribution < 1.29 is 4.42 Å². The Morgan fingerprint density at radius 3 is 2.83 bits per heavy atom. The topological polar surface area (TPSA) is 42.2 Å². The number of hydrogen-bond donors (Lipinski definition) is 1. The van der Waals surface area contributed by atoms with Gasteiger partial charge in [0.15, 0.2) is 0 Å². The molecule has 3 heteroatoms. The van der Waals surface area contributed by atoms with Gasteiger partial charge in [-0.05, 0) is 41.2 Å². The molecule has 4 rings (SSSR count). The lowest BCUT2D eigenvalue weighted by Crippen LogP contribution is -2.36. The number of nitrogens with one attached hydrogen (secondary N) is 1. The lowest BCUT2D eigenvalue weighted by atomic mass is 9.86. The number of benzene rings is 2. The van der Waals surface area contributed by atoms with Gasteiger partial charge in [-0.3, -0.25) is 0 Å². The largest absolute Gasteiger partial charge is 0.423 e. The van der Waals surface area contributed by atoms with Gasteiger partial charge in [0.25, 0.3) is 0 Å². The van der Waals surface area contributed by atoms with Gasteiger partial charge in [0.1, 0.15) is 5.58 Å². The molecule has 1 N–H and O–H groups in total. The maximum absolute atomic E-state index is 12.0. The summed E-state index contributed by atoms with van der Waals surface area (Å²) in [6.45, 7) is 3.04. The molecule has 1 aromatic heterocycles. The fourth-order valence-corrected chi connectivity index (χ4v) is 4.02. The Bertz CT molecular complexity index is 928. The van der Waals surface area contributed by atoms with Crippen LogP contribution in [-0.2, 0) is 6.54 Å². The summed E-state index contributed by atoms with van der Waals surface area (Å²) >= 11 is 0. The molecule has 124 valence electrons. The van der Waals surface area contributed by atoms with Crippen LogP contribution in [0.5, 0.6) is 0 Å². The van der Waals surface area contributed by atoms with E-state index in [4.69, 9.17) is 4.42 Å². The quantitative estimate of drug-likeness (QED) is 0.565. The van der Waals surface area contributed by atoms with E-state index in [1.807, 2.05) is 24.3 Å². The fraction of sp³-hybridized carbons (Fsp3) is 0.381. The Balaban J connectivity index is 1.76. The molecule has 1 aliphatic carbocycles. The number of rotatable bonds is 3. The molecule has 2 atom stereocenters. The lowest BCUT2D eigenvalue weighted by molar-refractivity contribution is 0.279. The summed E-state index contributed by atoms with van der Waals surface area (Å²) in [5.74, 6) is 0.696. The molecule has 24 heavy (non-hydrogen) atoms. The highest BCUT2D eigenvalue weighted by Crippen LogP contribution is 2.28. The van der Waals surface area contributed by atoms with E-state index in [0.29, 0.717) is 24.1 Å². The molecule has 1 aliphatic rings. The third-order valence-electron chi connectivity index (χ3n) is 5.38. The second kappa shape index (κ2) is 6.40. The summed E-state index contributed by atoms with van der Waals surface area (Å²) in [7, 11) is 0.